The Kier molecular flexibility index (Phi) is 4.30. The number of hydrogen-bond acceptors (Lipinski definition) is 3. The van der Waals surface area contributed by atoms with Crippen molar-refractivity contribution in [3.05, 3.63) is 0 Å². The molecule has 1 rings (SSSR count). The molecule has 0 saturated heterocycles. The van der Waals surface area contributed by atoms with Crippen molar-refractivity contribution in [1.29, 1.82) is 0 Å². The van der Waals surface area contributed by atoms with Gasteiger partial charge in [0.1, 0.15) is 18.3 Å². The maximum absolute atomic E-state index is 11.3. The average molecular weight is 212 g/mol. The van der Waals surface area contributed by atoms with Crippen molar-refractivity contribution in [2.75, 3.05) is 0 Å². The maximum atomic E-state index is 11.3. The van der Waals surface area contributed by atoms with Gasteiger partial charge in [0.15, 0.2) is 0 Å². The Morgan fingerprint density at radius 3 is 2.47 bits per heavy atom. The molecular weight excluding hydrogens is 192 g/mol. The molecule has 1 aliphatic rings. The predicted molar refractivity (Wildman–Crippen MR) is 57.4 cm³/mol. The monoisotopic (exact) mass is 212 g/mol. The molecule has 0 aliphatic heterocycles. The number of carbonyl (C=O) groups is 2. The third-order valence-corrected chi connectivity index (χ3v) is 2.99. The van der Waals surface area contributed by atoms with E-state index in [0.29, 0.717) is 0 Å². The second-order valence-electron chi connectivity index (χ2n) is 4.61. The molecule has 0 bridgehead atoms. The third-order valence-electron chi connectivity index (χ3n) is 2.99. The van der Waals surface area contributed by atoms with E-state index in [-0.39, 0.29) is 24.3 Å². The Hall–Kier alpha value is -0.860. The minimum atomic E-state index is -0.373. The molecular formula is C12H20O3. The van der Waals surface area contributed by atoms with E-state index in [1.165, 1.54) is 13.3 Å². The molecule has 0 radical (unpaired) electrons. The molecule has 3 unspecified atom stereocenters. The van der Waals surface area contributed by atoms with Crippen molar-refractivity contribution in [2.24, 2.45) is 11.8 Å². The zero-order valence-corrected chi connectivity index (χ0v) is 9.79. The van der Waals surface area contributed by atoms with Crippen molar-refractivity contribution in [3.63, 3.8) is 0 Å². The summed E-state index contributed by atoms with van der Waals surface area (Å²) in [5.74, 6) is 1.00. The topological polar surface area (TPSA) is 43.4 Å². The van der Waals surface area contributed by atoms with Crippen molar-refractivity contribution in [3.8, 4) is 0 Å². The van der Waals surface area contributed by atoms with Gasteiger partial charge in [-0.05, 0) is 38.0 Å². The van der Waals surface area contributed by atoms with Crippen LogP contribution in [0.2, 0.25) is 0 Å². The van der Waals surface area contributed by atoms with Crippen LogP contribution >= 0.6 is 0 Å². The van der Waals surface area contributed by atoms with Gasteiger partial charge in [-0.25, -0.2) is 0 Å². The lowest BCUT2D eigenvalue weighted by molar-refractivity contribution is -0.151. The molecule has 0 aromatic rings. The molecule has 0 aromatic carbocycles. The molecule has 3 nitrogen and oxygen atoms in total. The van der Waals surface area contributed by atoms with Crippen molar-refractivity contribution >= 4 is 11.8 Å². The van der Waals surface area contributed by atoms with E-state index in [0.717, 1.165) is 24.7 Å². The second-order valence-corrected chi connectivity index (χ2v) is 4.61. The summed E-state index contributed by atoms with van der Waals surface area (Å²) >= 11 is 0. The quantitative estimate of drug-likeness (QED) is 0.501. The van der Waals surface area contributed by atoms with E-state index in [4.69, 9.17) is 4.74 Å². The zero-order valence-electron chi connectivity index (χ0n) is 9.79. The molecule has 1 aliphatic carbocycles. The highest BCUT2D eigenvalue weighted by Gasteiger charge is 2.35. The number of esters is 1. The van der Waals surface area contributed by atoms with Crippen LogP contribution in [-0.4, -0.2) is 17.9 Å². The van der Waals surface area contributed by atoms with E-state index in [1.807, 2.05) is 6.92 Å². The Balaban J connectivity index is 2.26. The summed E-state index contributed by atoms with van der Waals surface area (Å²) in [5, 5.41) is 0. The first-order valence-electron chi connectivity index (χ1n) is 5.71. The fraction of sp³-hybridized carbons (Fsp3) is 0.833. The number of carbonyl (C=O) groups excluding carboxylic acids is 2. The Morgan fingerprint density at radius 1 is 1.47 bits per heavy atom. The zero-order chi connectivity index (χ0) is 11.4. The largest absolute Gasteiger partial charge is 0.462 e. The minimum absolute atomic E-state index is 0.00630. The number of Topliss-reactive ketones (excluding diaryl/α,β-unsaturated/α-hetero) is 1. The van der Waals surface area contributed by atoms with Gasteiger partial charge in [0.2, 0.25) is 0 Å². The van der Waals surface area contributed by atoms with Crippen LogP contribution in [0.3, 0.4) is 0 Å². The molecule has 0 amide bonds. The van der Waals surface area contributed by atoms with Gasteiger partial charge < -0.3 is 4.74 Å². The summed E-state index contributed by atoms with van der Waals surface area (Å²) in [5.41, 5.74) is 0. The normalized spacial score (nSPS) is 25.8. The summed E-state index contributed by atoms with van der Waals surface area (Å²) in [6.45, 7) is 5.64. The molecule has 0 N–H and O–H groups in total. The van der Waals surface area contributed by atoms with Crippen LogP contribution in [0.4, 0.5) is 0 Å². The standard InChI is InChI=1S/C12H20O3/c1-4-11(7-10-5-8(10)2)15-12(14)6-9(3)13/h8,10-11H,4-7H2,1-3H3. The van der Waals surface area contributed by atoms with Gasteiger partial charge in [-0.15, -0.1) is 0 Å². The lowest BCUT2D eigenvalue weighted by atomic mass is 10.1. The van der Waals surface area contributed by atoms with E-state index >= 15 is 0 Å². The van der Waals surface area contributed by atoms with Gasteiger partial charge in [-0.2, -0.15) is 0 Å². The second kappa shape index (κ2) is 5.29. The van der Waals surface area contributed by atoms with Crippen LogP contribution in [0.25, 0.3) is 0 Å². The van der Waals surface area contributed by atoms with Crippen LogP contribution in [0.5, 0.6) is 0 Å². The van der Waals surface area contributed by atoms with E-state index in [2.05, 4.69) is 6.92 Å². The van der Waals surface area contributed by atoms with Crippen LogP contribution in [0, 0.1) is 11.8 Å². The van der Waals surface area contributed by atoms with Gasteiger partial charge in [-0.3, -0.25) is 9.59 Å². The molecule has 1 saturated carbocycles. The highest BCUT2D eigenvalue weighted by molar-refractivity contribution is 5.94. The van der Waals surface area contributed by atoms with Crippen molar-refractivity contribution < 1.29 is 14.3 Å². The van der Waals surface area contributed by atoms with Gasteiger partial charge >= 0.3 is 5.97 Å². The molecule has 0 heterocycles. The van der Waals surface area contributed by atoms with Gasteiger partial charge in [0.05, 0.1) is 0 Å². The highest BCUT2D eigenvalue weighted by atomic mass is 16.5. The van der Waals surface area contributed by atoms with E-state index in [1.54, 1.807) is 0 Å². The highest BCUT2D eigenvalue weighted by Crippen LogP contribution is 2.42. The first-order chi connectivity index (χ1) is 7.02. The SMILES string of the molecule is CCC(CC1CC1C)OC(=O)CC(C)=O. The summed E-state index contributed by atoms with van der Waals surface area (Å²) in [4.78, 5) is 22.0. The van der Waals surface area contributed by atoms with Gasteiger partial charge in [0.25, 0.3) is 0 Å². The maximum Gasteiger partial charge on any atom is 0.313 e. The fourth-order valence-electron chi connectivity index (χ4n) is 1.79. The molecule has 0 spiro atoms. The van der Waals surface area contributed by atoms with E-state index in [9.17, 15) is 9.59 Å². The number of rotatable bonds is 6. The summed E-state index contributed by atoms with van der Waals surface area (Å²) in [7, 11) is 0. The average Bonchev–Trinajstić information content (AvgIpc) is 2.79. The van der Waals surface area contributed by atoms with Crippen molar-refractivity contribution in [2.45, 2.75) is 52.6 Å². The lowest BCUT2D eigenvalue weighted by Crippen LogP contribution is -2.19. The Bertz CT molecular complexity index is 247. The van der Waals surface area contributed by atoms with Crippen LogP contribution in [-0.2, 0) is 14.3 Å². The summed E-state index contributed by atoms with van der Waals surface area (Å²) < 4.78 is 5.25. The van der Waals surface area contributed by atoms with E-state index < -0.39 is 0 Å². The molecule has 3 heteroatoms. The Morgan fingerprint density at radius 2 is 2.07 bits per heavy atom. The van der Waals surface area contributed by atoms with Gasteiger partial charge in [-0.1, -0.05) is 13.8 Å². The molecule has 15 heavy (non-hydrogen) atoms. The first-order valence-corrected chi connectivity index (χ1v) is 5.71. The van der Waals surface area contributed by atoms with Gasteiger partial charge in [0, 0.05) is 0 Å². The number of ether oxygens (including phenoxy) is 1. The van der Waals surface area contributed by atoms with Crippen LogP contribution < -0.4 is 0 Å². The number of hydrogen-bond donors (Lipinski definition) is 0. The molecule has 86 valence electrons. The van der Waals surface area contributed by atoms with Crippen LogP contribution in [0.1, 0.15) is 46.5 Å². The third kappa shape index (κ3) is 4.45. The Labute approximate surface area is 91.2 Å². The smallest absolute Gasteiger partial charge is 0.313 e. The molecule has 3 atom stereocenters. The first kappa shape index (κ1) is 12.2. The summed E-state index contributed by atoms with van der Waals surface area (Å²) in [6, 6.07) is 0. The lowest BCUT2D eigenvalue weighted by Gasteiger charge is -2.15. The molecule has 0 aromatic heterocycles. The molecule has 1 fully saturated rings. The van der Waals surface area contributed by atoms with Crippen molar-refractivity contribution in [1.82, 2.24) is 0 Å². The summed E-state index contributed by atoms with van der Waals surface area (Å²) in [6.07, 6.45) is 2.97. The fourth-order valence-corrected chi connectivity index (χ4v) is 1.79. The van der Waals surface area contributed by atoms with Crippen LogP contribution in [0.15, 0.2) is 0 Å². The number of ketones is 1. The minimum Gasteiger partial charge on any atom is -0.462 e. The predicted octanol–water partition coefficient (Wildman–Crippen LogP) is 2.33.